The third-order valence-corrected chi connectivity index (χ3v) is 5.02. The largest absolute Gasteiger partial charge is 0.494 e. The zero-order chi connectivity index (χ0) is 16.6. The molecule has 0 fully saturated rings. The fraction of sp³-hybridized carbons (Fsp3) is 0.353. The van der Waals surface area contributed by atoms with Gasteiger partial charge in [0.25, 0.3) is 0 Å². The number of fused-ring (bicyclic) bond motifs is 1. The van der Waals surface area contributed by atoms with E-state index in [0.29, 0.717) is 16.5 Å². The molecule has 0 radical (unpaired) electrons. The van der Waals surface area contributed by atoms with E-state index in [1.165, 1.54) is 0 Å². The molecular formula is C17H19BrN2O3. The summed E-state index contributed by atoms with van der Waals surface area (Å²) in [5.74, 6) is -0.310. The third-order valence-electron chi connectivity index (χ3n) is 4.39. The van der Waals surface area contributed by atoms with Crippen LogP contribution in [0.1, 0.15) is 40.0 Å². The first-order valence-electron chi connectivity index (χ1n) is 7.69. The number of carbonyl (C=O) groups excluding carboxylic acids is 1. The Labute approximate surface area is 142 Å². The second kappa shape index (κ2) is 6.37. The van der Waals surface area contributed by atoms with Crippen molar-refractivity contribution in [3.05, 3.63) is 45.1 Å². The van der Waals surface area contributed by atoms with Crippen LogP contribution in [0.4, 0.5) is 0 Å². The van der Waals surface area contributed by atoms with E-state index in [0.717, 1.165) is 48.2 Å². The fourth-order valence-electron chi connectivity index (χ4n) is 3.33. The van der Waals surface area contributed by atoms with Gasteiger partial charge in [-0.05, 0) is 65.4 Å². The molecule has 1 aliphatic rings. The summed E-state index contributed by atoms with van der Waals surface area (Å²) < 4.78 is 2.52. The number of benzene rings is 1. The van der Waals surface area contributed by atoms with Crippen LogP contribution in [0.2, 0.25) is 0 Å². The Morgan fingerprint density at radius 3 is 2.70 bits per heavy atom. The zero-order valence-corrected chi connectivity index (χ0v) is 14.3. The van der Waals surface area contributed by atoms with E-state index in [1.54, 1.807) is 18.2 Å². The lowest BCUT2D eigenvalue weighted by molar-refractivity contribution is 0.1000. The van der Waals surface area contributed by atoms with E-state index < -0.39 is 5.91 Å². The minimum atomic E-state index is -0.489. The van der Waals surface area contributed by atoms with Gasteiger partial charge in [0.05, 0.1) is 5.69 Å². The highest BCUT2D eigenvalue weighted by molar-refractivity contribution is 9.10. The second-order valence-corrected chi connectivity index (χ2v) is 6.63. The predicted octanol–water partition coefficient (Wildman–Crippen LogP) is 2.46. The molecule has 23 heavy (non-hydrogen) atoms. The number of aliphatic hydroxyl groups is 1. The molecule has 0 unspecified atom stereocenters. The Morgan fingerprint density at radius 2 is 2.04 bits per heavy atom. The maximum Gasteiger partial charge on any atom is 0.248 e. The van der Waals surface area contributed by atoms with Gasteiger partial charge in [-0.15, -0.1) is 0 Å². The van der Waals surface area contributed by atoms with Crippen molar-refractivity contribution in [1.29, 1.82) is 0 Å². The van der Waals surface area contributed by atoms with Crippen molar-refractivity contribution < 1.29 is 15.0 Å². The third kappa shape index (κ3) is 2.77. The molecule has 0 atom stereocenters. The lowest BCUT2D eigenvalue weighted by Gasteiger charge is -2.17. The molecule has 0 bridgehead atoms. The Kier molecular flexibility index (Phi) is 4.46. The summed E-state index contributed by atoms with van der Waals surface area (Å²) >= 11 is 3.47. The molecule has 0 spiro atoms. The molecule has 6 heteroatoms. The van der Waals surface area contributed by atoms with Gasteiger partial charge in [0.2, 0.25) is 5.91 Å². The SMILES string of the molecule is NC(=O)c1ccc(-n2c(O)c(CCO)c3c2CCCC3)c(Br)c1. The van der Waals surface area contributed by atoms with Gasteiger partial charge in [0.1, 0.15) is 0 Å². The van der Waals surface area contributed by atoms with Gasteiger partial charge in [-0.2, -0.15) is 0 Å². The molecule has 0 aliphatic heterocycles. The Balaban J connectivity index is 2.18. The molecule has 5 nitrogen and oxygen atoms in total. The Bertz CT molecular complexity index is 768. The van der Waals surface area contributed by atoms with Crippen molar-refractivity contribution in [3.63, 3.8) is 0 Å². The number of aliphatic hydroxyl groups excluding tert-OH is 1. The predicted molar refractivity (Wildman–Crippen MR) is 91.1 cm³/mol. The van der Waals surface area contributed by atoms with E-state index in [9.17, 15) is 15.0 Å². The molecule has 0 saturated carbocycles. The summed E-state index contributed by atoms with van der Waals surface area (Å²) in [6.07, 6.45) is 4.42. The number of carbonyl (C=O) groups is 1. The van der Waals surface area contributed by atoms with Crippen LogP contribution in [-0.4, -0.2) is 27.3 Å². The van der Waals surface area contributed by atoms with Crippen LogP contribution in [0.3, 0.4) is 0 Å². The van der Waals surface area contributed by atoms with Crippen molar-refractivity contribution in [2.24, 2.45) is 5.73 Å². The zero-order valence-electron chi connectivity index (χ0n) is 12.7. The van der Waals surface area contributed by atoms with Gasteiger partial charge < -0.3 is 15.9 Å². The smallest absolute Gasteiger partial charge is 0.248 e. The van der Waals surface area contributed by atoms with E-state index >= 15 is 0 Å². The van der Waals surface area contributed by atoms with Gasteiger partial charge >= 0.3 is 0 Å². The summed E-state index contributed by atoms with van der Waals surface area (Å²) in [6, 6.07) is 5.10. The maximum absolute atomic E-state index is 11.3. The number of aromatic nitrogens is 1. The highest BCUT2D eigenvalue weighted by Crippen LogP contribution is 2.38. The van der Waals surface area contributed by atoms with Crippen molar-refractivity contribution in [2.45, 2.75) is 32.1 Å². The molecule has 1 heterocycles. The number of rotatable bonds is 4. The van der Waals surface area contributed by atoms with Crippen LogP contribution in [0, 0.1) is 0 Å². The molecule has 122 valence electrons. The van der Waals surface area contributed by atoms with Crippen molar-refractivity contribution in [2.75, 3.05) is 6.61 Å². The van der Waals surface area contributed by atoms with Crippen LogP contribution >= 0.6 is 15.9 Å². The molecular weight excluding hydrogens is 360 g/mol. The van der Waals surface area contributed by atoms with Crippen LogP contribution in [-0.2, 0) is 19.3 Å². The molecule has 0 saturated heterocycles. The summed E-state index contributed by atoms with van der Waals surface area (Å²) in [6.45, 7) is 0.00575. The number of hydrogen-bond acceptors (Lipinski definition) is 3. The van der Waals surface area contributed by atoms with Gasteiger partial charge in [-0.25, -0.2) is 0 Å². The second-order valence-electron chi connectivity index (χ2n) is 5.77. The number of nitrogens with zero attached hydrogens (tertiary/aromatic N) is 1. The number of aromatic hydroxyl groups is 1. The minimum Gasteiger partial charge on any atom is -0.494 e. The molecule has 1 aliphatic carbocycles. The highest BCUT2D eigenvalue weighted by Gasteiger charge is 2.25. The molecule has 1 aromatic carbocycles. The van der Waals surface area contributed by atoms with E-state index in [-0.39, 0.29) is 12.5 Å². The lowest BCUT2D eigenvalue weighted by atomic mass is 9.94. The molecule has 3 rings (SSSR count). The van der Waals surface area contributed by atoms with Crippen LogP contribution in [0.5, 0.6) is 5.88 Å². The van der Waals surface area contributed by atoms with Gasteiger partial charge in [-0.3, -0.25) is 9.36 Å². The van der Waals surface area contributed by atoms with Crippen molar-refractivity contribution >= 4 is 21.8 Å². The number of nitrogens with two attached hydrogens (primary N) is 1. The first-order valence-corrected chi connectivity index (χ1v) is 8.48. The summed E-state index contributed by atoms with van der Waals surface area (Å²) in [5.41, 5.74) is 9.56. The first-order chi connectivity index (χ1) is 11.0. The highest BCUT2D eigenvalue weighted by atomic mass is 79.9. The normalized spacial score (nSPS) is 13.8. The van der Waals surface area contributed by atoms with Gasteiger partial charge in [0.15, 0.2) is 5.88 Å². The quantitative estimate of drug-likeness (QED) is 0.763. The topological polar surface area (TPSA) is 88.5 Å². The van der Waals surface area contributed by atoms with Crippen molar-refractivity contribution in [1.82, 2.24) is 4.57 Å². The monoisotopic (exact) mass is 378 g/mol. The van der Waals surface area contributed by atoms with E-state index in [2.05, 4.69) is 15.9 Å². The minimum absolute atomic E-state index is 0.00575. The average molecular weight is 379 g/mol. The fourth-order valence-corrected chi connectivity index (χ4v) is 3.89. The Hall–Kier alpha value is -1.79. The summed E-state index contributed by atoms with van der Waals surface area (Å²) in [7, 11) is 0. The van der Waals surface area contributed by atoms with Crippen LogP contribution in [0.15, 0.2) is 22.7 Å². The molecule has 2 aromatic rings. The molecule has 1 aromatic heterocycles. The summed E-state index contributed by atoms with van der Waals surface area (Å²) in [5, 5.41) is 20.0. The van der Waals surface area contributed by atoms with E-state index in [4.69, 9.17) is 5.73 Å². The molecule has 4 N–H and O–H groups in total. The van der Waals surface area contributed by atoms with Crippen LogP contribution < -0.4 is 5.73 Å². The van der Waals surface area contributed by atoms with Gasteiger partial charge in [0, 0.05) is 34.3 Å². The van der Waals surface area contributed by atoms with Crippen LogP contribution in [0.25, 0.3) is 5.69 Å². The number of amides is 1. The average Bonchev–Trinajstić information content (AvgIpc) is 2.80. The number of hydrogen-bond donors (Lipinski definition) is 3. The number of halogens is 1. The number of primary amides is 1. The lowest BCUT2D eigenvalue weighted by Crippen LogP contribution is -2.12. The Morgan fingerprint density at radius 1 is 1.30 bits per heavy atom. The summed E-state index contributed by atoms with van der Waals surface area (Å²) in [4.78, 5) is 11.3. The van der Waals surface area contributed by atoms with Crippen molar-refractivity contribution in [3.8, 4) is 11.6 Å². The standard InChI is InChI=1S/C17H19BrN2O3/c18-13-9-10(16(19)22)5-6-15(13)20-14-4-2-1-3-11(14)12(7-8-21)17(20)23/h5-6,9,21,23H,1-4,7-8H2,(H2,19,22). The van der Waals surface area contributed by atoms with Gasteiger partial charge in [-0.1, -0.05) is 0 Å². The van der Waals surface area contributed by atoms with E-state index in [1.807, 2.05) is 4.57 Å². The first kappa shape index (κ1) is 16.1. The molecule has 1 amide bonds. The maximum atomic E-state index is 11.3.